The van der Waals surface area contributed by atoms with Crippen molar-refractivity contribution in [2.24, 2.45) is 5.41 Å². The highest BCUT2D eigenvalue weighted by molar-refractivity contribution is 5.81. The van der Waals surface area contributed by atoms with Gasteiger partial charge in [0.05, 0.1) is 12.5 Å². The SMILES string of the molecule is CC(C)(C)C(CC(=O)O)NC(=O)NC1CNC(=O)C1. The Hall–Kier alpha value is -1.79. The number of carbonyl (C=O) groups excluding carboxylic acids is 2. The molecule has 1 fully saturated rings. The standard InChI is InChI=1S/C12H21N3O4/c1-12(2,3)8(5-10(17)18)15-11(19)14-7-4-9(16)13-6-7/h7-8H,4-6H2,1-3H3,(H,13,16)(H,17,18)(H2,14,15,19). The third-order valence-corrected chi connectivity index (χ3v) is 3.04. The van der Waals surface area contributed by atoms with E-state index in [2.05, 4.69) is 16.0 Å². The van der Waals surface area contributed by atoms with Gasteiger partial charge in [-0.1, -0.05) is 20.8 Å². The molecule has 2 atom stereocenters. The van der Waals surface area contributed by atoms with E-state index in [1.165, 1.54) is 0 Å². The van der Waals surface area contributed by atoms with Gasteiger partial charge in [-0.25, -0.2) is 4.79 Å². The van der Waals surface area contributed by atoms with E-state index in [4.69, 9.17) is 5.11 Å². The first-order valence-electron chi connectivity index (χ1n) is 6.24. The van der Waals surface area contributed by atoms with Gasteiger partial charge in [-0.2, -0.15) is 0 Å². The van der Waals surface area contributed by atoms with E-state index in [1.807, 2.05) is 20.8 Å². The molecule has 0 radical (unpaired) electrons. The molecule has 1 heterocycles. The molecular formula is C12H21N3O4. The van der Waals surface area contributed by atoms with E-state index < -0.39 is 18.0 Å². The monoisotopic (exact) mass is 271 g/mol. The summed E-state index contributed by atoms with van der Waals surface area (Å²) < 4.78 is 0. The topological polar surface area (TPSA) is 108 Å². The van der Waals surface area contributed by atoms with Gasteiger partial charge in [0.2, 0.25) is 5.91 Å². The Morgan fingerprint density at radius 1 is 1.47 bits per heavy atom. The van der Waals surface area contributed by atoms with Gasteiger partial charge in [-0.3, -0.25) is 9.59 Å². The molecule has 1 aliphatic rings. The highest BCUT2D eigenvalue weighted by atomic mass is 16.4. The molecule has 0 saturated carbocycles. The van der Waals surface area contributed by atoms with Gasteiger partial charge in [-0.15, -0.1) is 0 Å². The third kappa shape index (κ3) is 5.15. The highest BCUT2D eigenvalue weighted by Crippen LogP contribution is 2.21. The number of hydrogen-bond acceptors (Lipinski definition) is 3. The quantitative estimate of drug-likeness (QED) is 0.580. The fourth-order valence-corrected chi connectivity index (χ4v) is 1.84. The summed E-state index contributed by atoms with van der Waals surface area (Å²) in [6.45, 7) is 6.00. The first-order valence-corrected chi connectivity index (χ1v) is 6.24. The summed E-state index contributed by atoms with van der Waals surface area (Å²) in [5, 5.41) is 16.8. The van der Waals surface area contributed by atoms with Crippen LogP contribution >= 0.6 is 0 Å². The molecule has 0 aromatic heterocycles. The summed E-state index contributed by atoms with van der Waals surface area (Å²) in [5.74, 6) is -1.05. The minimum Gasteiger partial charge on any atom is -0.481 e. The molecule has 0 aliphatic carbocycles. The van der Waals surface area contributed by atoms with Gasteiger partial charge < -0.3 is 21.1 Å². The minimum absolute atomic E-state index is 0.0943. The molecule has 19 heavy (non-hydrogen) atoms. The molecule has 0 aromatic carbocycles. The normalized spacial score (nSPS) is 20.6. The number of nitrogens with one attached hydrogen (secondary N) is 3. The van der Waals surface area contributed by atoms with Crippen LogP contribution in [0.3, 0.4) is 0 Å². The van der Waals surface area contributed by atoms with Crippen molar-refractivity contribution in [2.75, 3.05) is 6.54 Å². The second kappa shape index (κ2) is 5.90. The fraction of sp³-hybridized carbons (Fsp3) is 0.750. The second-order valence-corrected chi connectivity index (χ2v) is 5.84. The average Bonchev–Trinajstić information content (AvgIpc) is 2.60. The van der Waals surface area contributed by atoms with Crippen molar-refractivity contribution in [1.29, 1.82) is 0 Å². The van der Waals surface area contributed by atoms with Crippen molar-refractivity contribution >= 4 is 17.9 Å². The highest BCUT2D eigenvalue weighted by Gasteiger charge is 2.30. The van der Waals surface area contributed by atoms with E-state index in [1.54, 1.807) is 0 Å². The Labute approximate surface area is 112 Å². The molecule has 1 aliphatic heterocycles. The number of carboxylic acids is 1. The molecule has 1 rings (SSSR count). The van der Waals surface area contributed by atoms with Gasteiger partial charge in [-0.05, 0) is 5.41 Å². The lowest BCUT2D eigenvalue weighted by Crippen LogP contribution is -2.51. The second-order valence-electron chi connectivity index (χ2n) is 5.84. The minimum atomic E-state index is -0.960. The lowest BCUT2D eigenvalue weighted by Gasteiger charge is -2.30. The lowest BCUT2D eigenvalue weighted by atomic mass is 9.85. The zero-order valence-electron chi connectivity index (χ0n) is 11.4. The van der Waals surface area contributed by atoms with E-state index >= 15 is 0 Å². The Morgan fingerprint density at radius 2 is 2.11 bits per heavy atom. The molecule has 0 spiro atoms. The molecule has 3 amide bonds. The van der Waals surface area contributed by atoms with Crippen molar-refractivity contribution in [3.8, 4) is 0 Å². The molecule has 0 bridgehead atoms. The van der Waals surface area contributed by atoms with Crippen molar-refractivity contribution < 1.29 is 19.5 Å². The van der Waals surface area contributed by atoms with Crippen LogP contribution in [0.25, 0.3) is 0 Å². The van der Waals surface area contributed by atoms with Crippen molar-refractivity contribution in [3.63, 3.8) is 0 Å². The summed E-state index contributed by atoms with van der Waals surface area (Å²) in [6, 6.07) is -1.16. The summed E-state index contributed by atoms with van der Waals surface area (Å²) in [6.07, 6.45) is 0.116. The van der Waals surface area contributed by atoms with Crippen LogP contribution in [0.5, 0.6) is 0 Å². The van der Waals surface area contributed by atoms with Crippen LogP contribution in [0.2, 0.25) is 0 Å². The maximum atomic E-state index is 11.8. The third-order valence-electron chi connectivity index (χ3n) is 3.04. The smallest absolute Gasteiger partial charge is 0.315 e. The van der Waals surface area contributed by atoms with Crippen molar-refractivity contribution in [2.45, 2.75) is 45.7 Å². The summed E-state index contributed by atoms with van der Waals surface area (Å²) in [4.78, 5) is 33.6. The molecule has 1 saturated heterocycles. The van der Waals surface area contributed by atoms with Gasteiger partial charge in [0, 0.05) is 19.0 Å². The Bertz CT molecular complexity index is 376. The van der Waals surface area contributed by atoms with Crippen LogP contribution in [0.1, 0.15) is 33.6 Å². The molecule has 2 unspecified atom stereocenters. The molecule has 7 heteroatoms. The lowest BCUT2D eigenvalue weighted by molar-refractivity contribution is -0.138. The van der Waals surface area contributed by atoms with E-state index in [0.29, 0.717) is 6.54 Å². The number of amides is 3. The number of carbonyl (C=O) groups is 3. The molecule has 7 nitrogen and oxygen atoms in total. The predicted molar refractivity (Wildman–Crippen MR) is 68.6 cm³/mol. The maximum absolute atomic E-state index is 11.8. The van der Waals surface area contributed by atoms with Crippen LogP contribution in [0.15, 0.2) is 0 Å². The van der Waals surface area contributed by atoms with Crippen LogP contribution in [0.4, 0.5) is 4.79 Å². The zero-order chi connectivity index (χ0) is 14.6. The fourth-order valence-electron chi connectivity index (χ4n) is 1.84. The molecule has 4 N–H and O–H groups in total. The first kappa shape index (κ1) is 15.3. The Balaban J connectivity index is 2.51. The van der Waals surface area contributed by atoms with Crippen LogP contribution < -0.4 is 16.0 Å². The van der Waals surface area contributed by atoms with Gasteiger partial charge >= 0.3 is 12.0 Å². The van der Waals surface area contributed by atoms with Crippen LogP contribution in [-0.2, 0) is 9.59 Å². The Kier molecular flexibility index (Phi) is 4.74. The number of rotatable bonds is 4. The number of urea groups is 1. The van der Waals surface area contributed by atoms with E-state index in [-0.39, 0.29) is 30.2 Å². The zero-order valence-corrected chi connectivity index (χ0v) is 11.4. The summed E-state index contributed by atoms with van der Waals surface area (Å²) in [7, 11) is 0. The average molecular weight is 271 g/mol. The molecule has 108 valence electrons. The summed E-state index contributed by atoms with van der Waals surface area (Å²) in [5.41, 5.74) is -0.362. The van der Waals surface area contributed by atoms with Gasteiger partial charge in [0.1, 0.15) is 0 Å². The van der Waals surface area contributed by atoms with Crippen molar-refractivity contribution in [1.82, 2.24) is 16.0 Å². The van der Waals surface area contributed by atoms with E-state index in [9.17, 15) is 14.4 Å². The van der Waals surface area contributed by atoms with Crippen molar-refractivity contribution in [3.05, 3.63) is 0 Å². The largest absolute Gasteiger partial charge is 0.481 e. The van der Waals surface area contributed by atoms with Crippen LogP contribution in [0, 0.1) is 5.41 Å². The van der Waals surface area contributed by atoms with Crippen LogP contribution in [-0.4, -0.2) is 41.6 Å². The first-order chi connectivity index (χ1) is 8.68. The molecule has 0 aromatic rings. The summed E-state index contributed by atoms with van der Waals surface area (Å²) >= 11 is 0. The maximum Gasteiger partial charge on any atom is 0.315 e. The van der Waals surface area contributed by atoms with Gasteiger partial charge in [0.25, 0.3) is 0 Å². The molecular weight excluding hydrogens is 250 g/mol. The van der Waals surface area contributed by atoms with E-state index in [0.717, 1.165) is 0 Å². The predicted octanol–water partition coefficient (Wildman–Crippen LogP) is 0.0635. The number of carboxylic acid groups (broad SMARTS) is 1. The number of aliphatic carboxylic acids is 1. The number of hydrogen-bond donors (Lipinski definition) is 4. The van der Waals surface area contributed by atoms with Gasteiger partial charge in [0.15, 0.2) is 0 Å². The Morgan fingerprint density at radius 3 is 2.53 bits per heavy atom.